The summed E-state index contributed by atoms with van der Waals surface area (Å²) in [6.07, 6.45) is 3.11. The minimum atomic E-state index is -0.0990. The molecule has 0 radical (unpaired) electrons. The molecule has 0 aliphatic carbocycles. The van der Waals surface area contributed by atoms with Gasteiger partial charge < -0.3 is 10.1 Å². The van der Waals surface area contributed by atoms with Gasteiger partial charge in [0.2, 0.25) is 0 Å². The Balaban J connectivity index is 2.12. The Hall–Kier alpha value is -0.930. The van der Waals surface area contributed by atoms with Crippen molar-refractivity contribution in [2.75, 3.05) is 19.8 Å². The zero-order chi connectivity index (χ0) is 13.7. The molecule has 1 aliphatic heterocycles. The maximum Gasteiger partial charge on any atom is 0.127 e. The number of benzene rings is 1. The molecule has 106 valence electrons. The topological polar surface area (TPSA) is 21.3 Å². The van der Waals surface area contributed by atoms with Gasteiger partial charge >= 0.3 is 0 Å². The van der Waals surface area contributed by atoms with Crippen LogP contribution in [0.5, 0.6) is 0 Å². The fraction of sp³-hybridized carbons (Fsp3) is 0.625. The molecule has 1 heterocycles. The number of rotatable bonds is 6. The molecule has 1 saturated heterocycles. The van der Waals surface area contributed by atoms with Gasteiger partial charge in [-0.1, -0.05) is 24.6 Å². The molecule has 0 saturated carbocycles. The summed E-state index contributed by atoms with van der Waals surface area (Å²) in [6.45, 7) is 6.73. The second-order valence-corrected chi connectivity index (χ2v) is 5.50. The van der Waals surface area contributed by atoms with Crippen LogP contribution in [0.15, 0.2) is 18.2 Å². The summed E-state index contributed by atoms with van der Waals surface area (Å²) < 4.78 is 19.5. The highest BCUT2D eigenvalue weighted by molar-refractivity contribution is 5.27. The lowest BCUT2D eigenvalue weighted by Crippen LogP contribution is -2.25. The zero-order valence-electron chi connectivity index (χ0n) is 11.9. The van der Waals surface area contributed by atoms with Crippen LogP contribution in [0, 0.1) is 18.7 Å². The SMILES string of the molecule is CCCNC(CC1CCOC1)c1cc(C)ccc1F. The first-order chi connectivity index (χ1) is 9.20. The zero-order valence-corrected chi connectivity index (χ0v) is 11.9. The summed E-state index contributed by atoms with van der Waals surface area (Å²) in [5.41, 5.74) is 1.92. The predicted octanol–water partition coefficient (Wildman–Crippen LogP) is 3.60. The van der Waals surface area contributed by atoms with E-state index in [2.05, 4.69) is 12.2 Å². The van der Waals surface area contributed by atoms with Crippen molar-refractivity contribution in [2.45, 2.75) is 39.2 Å². The molecule has 2 rings (SSSR count). The maximum absolute atomic E-state index is 14.0. The molecule has 19 heavy (non-hydrogen) atoms. The van der Waals surface area contributed by atoms with E-state index < -0.39 is 0 Å². The van der Waals surface area contributed by atoms with Crippen LogP contribution in [-0.4, -0.2) is 19.8 Å². The molecular formula is C16H24FNO. The lowest BCUT2D eigenvalue weighted by Gasteiger charge is -2.22. The van der Waals surface area contributed by atoms with Gasteiger partial charge in [0.15, 0.2) is 0 Å². The molecule has 0 amide bonds. The molecule has 1 N–H and O–H groups in total. The van der Waals surface area contributed by atoms with E-state index in [0.717, 1.165) is 50.1 Å². The van der Waals surface area contributed by atoms with Crippen LogP contribution < -0.4 is 5.32 Å². The molecule has 2 nitrogen and oxygen atoms in total. The number of aryl methyl sites for hydroxylation is 1. The normalized spacial score (nSPS) is 20.7. The molecule has 1 aromatic carbocycles. The van der Waals surface area contributed by atoms with Gasteiger partial charge in [0.25, 0.3) is 0 Å². The van der Waals surface area contributed by atoms with Crippen molar-refractivity contribution < 1.29 is 9.13 Å². The van der Waals surface area contributed by atoms with Crippen molar-refractivity contribution in [1.82, 2.24) is 5.32 Å². The second kappa shape index (κ2) is 7.01. The Morgan fingerprint density at radius 2 is 2.32 bits per heavy atom. The summed E-state index contributed by atoms with van der Waals surface area (Å²) in [5, 5.41) is 3.49. The summed E-state index contributed by atoms with van der Waals surface area (Å²) in [7, 11) is 0. The third-order valence-electron chi connectivity index (χ3n) is 3.76. The van der Waals surface area contributed by atoms with Crippen LogP contribution in [0.3, 0.4) is 0 Å². The highest BCUT2D eigenvalue weighted by Crippen LogP contribution is 2.28. The lowest BCUT2D eigenvalue weighted by atomic mass is 9.93. The van der Waals surface area contributed by atoms with E-state index in [1.165, 1.54) is 0 Å². The first-order valence-corrected chi connectivity index (χ1v) is 7.28. The Morgan fingerprint density at radius 3 is 3.00 bits per heavy atom. The van der Waals surface area contributed by atoms with Crippen molar-refractivity contribution in [3.05, 3.63) is 35.1 Å². The first-order valence-electron chi connectivity index (χ1n) is 7.28. The fourth-order valence-corrected chi connectivity index (χ4v) is 2.67. The van der Waals surface area contributed by atoms with Crippen molar-refractivity contribution >= 4 is 0 Å². The Labute approximate surface area is 115 Å². The van der Waals surface area contributed by atoms with E-state index in [-0.39, 0.29) is 11.9 Å². The van der Waals surface area contributed by atoms with E-state index in [1.54, 1.807) is 6.07 Å². The minimum absolute atomic E-state index is 0.0990. The van der Waals surface area contributed by atoms with Crippen molar-refractivity contribution in [3.63, 3.8) is 0 Å². The van der Waals surface area contributed by atoms with Crippen molar-refractivity contribution in [3.8, 4) is 0 Å². The van der Waals surface area contributed by atoms with Gasteiger partial charge in [-0.2, -0.15) is 0 Å². The van der Waals surface area contributed by atoms with E-state index in [9.17, 15) is 4.39 Å². The van der Waals surface area contributed by atoms with Gasteiger partial charge in [-0.15, -0.1) is 0 Å². The highest BCUT2D eigenvalue weighted by Gasteiger charge is 2.23. The Morgan fingerprint density at radius 1 is 1.47 bits per heavy atom. The van der Waals surface area contributed by atoms with Crippen LogP contribution in [0.4, 0.5) is 4.39 Å². The molecule has 0 spiro atoms. The molecule has 2 atom stereocenters. The Kier molecular flexibility index (Phi) is 5.34. The summed E-state index contributed by atoms with van der Waals surface area (Å²) in [4.78, 5) is 0. The molecule has 3 heteroatoms. The van der Waals surface area contributed by atoms with Crippen LogP contribution in [0.2, 0.25) is 0 Å². The monoisotopic (exact) mass is 265 g/mol. The quantitative estimate of drug-likeness (QED) is 0.848. The third kappa shape index (κ3) is 4.02. The number of hydrogen-bond donors (Lipinski definition) is 1. The van der Waals surface area contributed by atoms with Gasteiger partial charge in [-0.05, 0) is 44.7 Å². The lowest BCUT2D eigenvalue weighted by molar-refractivity contribution is 0.181. The van der Waals surface area contributed by atoms with E-state index in [0.29, 0.717) is 5.92 Å². The van der Waals surface area contributed by atoms with E-state index >= 15 is 0 Å². The van der Waals surface area contributed by atoms with Crippen LogP contribution in [0.1, 0.15) is 43.4 Å². The predicted molar refractivity (Wildman–Crippen MR) is 75.7 cm³/mol. The second-order valence-electron chi connectivity index (χ2n) is 5.50. The molecule has 1 fully saturated rings. The van der Waals surface area contributed by atoms with Gasteiger partial charge in [0.05, 0.1) is 0 Å². The van der Waals surface area contributed by atoms with Gasteiger partial charge in [-0.3, -0.25) is 0 Å². The molecule has 0 bridgehead atoms. The largest absolute Gasteiger partial charge is 0.381 e. The summed E-state index contributed by atoms with van der Waals surface area (Å²) >= 11 is 0. The fourth-order valence-electron chi connectivity index (χ4n) is 2.67. The molecule has 1 aromatic rings. The number of hydrogen-bond acceptors (Lipinski definition) is 2. The molecule has 1 aliphatic rings. The van der Waals surface area contributed by atoms with Gasteiger partial charge in [0.1, 0.15) is 5.82 Å². The highest BCUT2D eigenvalue weighted by atomic mass is 19.1. The first kappa shape index (κ1) is 14.5. The minimum Gasteiger partial charge on any atom is -0.381 e. The van der Waals surface area contributed by atoms with Crippen molar-refractivity contribution in [2.24, 2.45) is 5.92 Å². The maximum atomic E-state index is 14.0. The van der Waals surface area contributed by atoms with Crippen LogP contribution >= 0.6 is 0 Å². The number of nitrogens with one attached hydrogen (secondary N) is 1. The number of ether oxygens (including phenoxy) is 1. The van der Waals surface area contributed by atoms with Gasteiger partial charge in [-0.25, -0.2) is 4.39 Å². The van der Waals surface area contributed by atoms with E-state index in [4.69, 9.17) is 4.74 Å². The van der Waals surface area contributed by atoms with E-state index in [1.807, 2.05) is 19.1 Å². The third-order valence-corrected chi connectivity index (χ3v) is 3.76. The standard InChI is InChI=1S/C16H24FNO/c1-3-7-18-16(10-13-6-8-19-11-13)14-9-12(2)4-5-15(14)17/h4-5,9,13,16,18H,3,6-8,10-11H2,1-2H3. The molecular weight excluding hydrogens is 241 g/mol. The summed E-state index contributed by atoms with van der Waals surface area (Å²) in [5.74, 6) is 0.451. The molecule has 2 unspecified atom stereocenters. The van der Waals surface area contributed by atoms with Crippen molar-refractivity contribution in [1.29, 1.82) is 0 Å². The van der Waals surface area contributed by atoms with Crippen LogP contribution in [-0.2, 0) is 4.74 Å². The van der Waals surface area contributed by atoms with Crippen LogP contribution in [0.25, 0.3) is 0 Å². The average Bonchev–Trinajstić information content (AvgIpc) is 2.90. The van der Waals surface area contributed by atoms with Gasteiger partial charge in [0, 0.05) is 24.8 Å². The molecule has 0 aromatic heterocycles. The average molecular weight is 265 g/mol. The summed E-state index contributed by atoms with van der Waals surface area (Å²) in [6, 6.07) is 5.48. The smallest absolute Gasteiger partial charge is 0.127 e. The Bertz CT molecular complexity index is 402. The number of halogens is 1.